The Labute approximate surface area is 199 Å². The fourth-order valence-corrected chi connectivity index (χ4v) is 5.55. The molecular formula is C23H29N3O7S. The highest BCUT2D eigenvalue weighted by Gasteiger charge is 2.29. The molecule has 0 bridgehead atoms. The number of nitrogens with one attached hydrogen (secondary N) is 1. The number of anilines is 1. The first-order valence-electron chi connectivity index (χ1n) is 11.1. The van der Waals surface area contributed by atoms with E-state index in [0.29, 0.717) is 30.8 Å². The van der Waals surface area contributed by atoms with Crippen LogP contribution >= 0.6 is 0 Å². The third-order valence-corrected chi connectivity index (χ3v) is 7.50. The Balaban J connectivity index is 1.78. The van der Waals surface area contributed by atoms with Crippen molar-refractivity contribution in [3.63, 3.8) is 0 Å². The zero-order valence-corrected chi connectivity index (χ0v) is 20.3. The van der Waals surface area contributed by atoms with Crippen LogP contribution < -0.4 is 14.8 Å². The minimum atomic E-state index is -3.79. The molecule has 0 saturated carbocycles. The number of benzene rings is 2. The first-order chi connectivity index (χ1) is 16.1. The largest absolute Gasteiger partial charge is 0.492 e. The molecular weight excluding hydrogens is 462 g/mol. The van der Waals surface area contributed by atoms with Crippen LogP contribution in [0.1, 0.15) is 37.3 Å². The number of hydrogen-bond acceptors (Lipinski definition) is 7. The number of piperidine rings is 1. The number of aryl methyl sites for hydroxylation is 1. The molecule has 1 N–H and O–H groups in total. The summed E-state index contributed by atoms with van der Waals surface area (Å²) in [6, 6.07) is 7.41. The summed E-state index contributed by atoms with van der Waals surface area (Å²) in [4.78, 5) is 23.2. The van der Waals surface area contributed by atoms with Gasteiger partial charge in [-0.15, -0.1) is 0 Å². The lowest BCUT2D eigenvalue weighted by atomic mass is 10.1. The van der Waals surface area contributed by atoms with Gasteiger partial charge in [-0.05, 0) is 63.4 Å². The molecule has 3 rings (SSSR count). The lowest BCUT2D eigenvalue weighted by Crippen LogP contribution is -2.35. The molecule has 0 radical (unpaired) electrons. The number of amides is 1. The van der Waals surface area contributed by atoms with E-state index in [1.54, 1.807) is 32.9 Å². The summed E-state index contributed by atoms with van der Waals surface area (Å²) in [5, 5.41) is 13.8. The van der Waals surface area contributed by atoms with Crippen molar-refractivity contribution in [2.75, 3.05) is 31.6 Å². The van der Waals surface area contributed by atoms with Gasteiger partial charge in [-0.2, -0.15) is 4.31 Å². The van der Waals surface area contributed by atoms with Crippen LogP contribution in [0.3, 0.4) is 0 Å². The van der Waals surface area contributed by atoms with Crippen LogP contribution in [0.2, 0.25) is 0 Å². The zero-order valence-electron chi connectivity index (χ0n) is 19.5. The van der Waals surface area contributed by atoms with Crippen molar-refractivity contribution in [3.8, 4) is 11.5 Å². The molecule has 0 spiro atoms. The molecule has 10 nitrogen and oxygen atoms in total. The van der Waals surface area contributed by atoms with Gasteiger partial charge in [0.05, 0.1) is 17.1 Å². The summed E-state index contributed by atoms with van der Waals surface area (Å²) in [6.45, 7) is 5.84. The molecule has 1 saturated heterocycles. The van der Waals surface area contributed by atoms with E-state index >= 15 is 0 Å². The van der Waals surface area contributed by atoms with E-state index in [2.05, 4.69) is 5.32 Å². The van der Waals surface area contributed by atoms with Gasteiger partial charge in [0.1, 0.15) is 16.4 Å². The van der Waals surface area contributed by atoms with Crippen LogP contribution in [0.4, 0.5) is 11.4 Å². The first kappa shape index (κ1) is 25.4. The Hall–Kier alpha value is -3.18. The van der Waals surface area contributed by atoms with Crippen molar-refractivity contribution in [2.24, 2.45) is 0 Å². The van der Waals surface area contributed by atoms with Crippen LogP contribution in [0.5, 0.6) is 11.5 Å². The minimum absolute atomic E-state index is 0.000316. The van der Waals surface area contributed by atoms with Crippen molar-refractivity contribution in [1.29, 1.82) is 0 Å². The topological polar surface area (TPSA) is 128 Å². The number of sulfonamides is 1. The van der Waals surface area contributed by atoms with Gasteiger partial charge in [0, 0.05) is 24.8 Å². The molecule has 1 fully saturated rings. The average Bonchev–Trinajstić information content (AvgIpc) is 2.80. The van der Waals surface area contributed by atoms with Crippen LogP contribution in [-0.2, 0) is 14.8 Å². The number of carbonyl (C=O) groups is 1. The highest BCUT2D eigenvalue weighted by atomic mass is 32.2. The normalized spacial score (nSPS) is 14.4. The predicted molar refractivity (Wildman–Crippen MR) is 127 cm³/mol. The van der Waals surface area contributed by atoms with Gasteiger partial charge in [0.15, 0.2) is 6.61 Å². The van der Waals surface area contributed by atoms with Gasteiger partial charge in [-0.1, -0.05) is 6.42 Å². The number of nitro benzene ring substituents is 1. The Kier molecular flexibility index (Phi) is 8.11. The fourth-order valence-electron chi connectivity index (χ4n) is 3.88. The highest BCUT2D eigenvalue weighted by Crippen LogP contribution is 2.32. The number of carbonyl (C=O) groups excluding carboxylic acids is 1. The van der Waals surface area contributed by atoms with Crippen LogP contribution in [0.15, 0.2) is 35.2 Å². The van der Waals surface area contributed by atoms with E-state index < -0.39 is 27.5 Å². The molecule has 2 aromatic carbocycles. The number of rotatable bonds is 9. The number of nitro groups is 1. The molecule has 184 valence electrons. The molecule has 1 aliphatic rings. The molecule has 11 heteroatoms. The average molecular weight is 492 g/mol. The van der Waals surface area contributed by atoms with E-state index in [-0.39, 0.29) is 27.8 Å². The molecule has 1 heterocycles. The molecule has 0 aliphatic carbocycles. The second kappa shape index (κ2) is 10.8. The van der Waals surface area contributed by atoms with Gasteiger partial charge < -0.3 is 14.8 Å². The predicted octanol–water partition coefficient (Wildman–Crippen LogP) is 3.80. The number of hydrogen-bond donors (Lipinski definition) is 1. The maximum atomic E-state index is 13.2. The monoisotopic (exact) mass is 491 g/mol. The quantitative estimate of drug-likeness (QED) is 0.417. The smallest absolute Gasteiger partial charge is 0.276 e. The summed E-state index contributed by atoms with van der Waals surface area (Å²) >= 11 is 0. The summed E-state index contributed by atoms with van der Waals surface area (Å²) in [5.41, 5.74) is 1.17. The Morgan fingerprint density at radius 3 is 2.47 bits per heavy atom. The Morgan fingerprint density at radius 1 is 1.12 bits per heavy atom. The second-order valence-corrected chi connectivity index (χ2v) is 9.92. The molecule has 0 unspecified atom stereocenters. The van der Waals surface area contributed by atoms with Gasteiger partial charge in [-0.25, -0.2) is 8.42 Å². The minimum Gasteiger partial charge on any atom is -0.492 e. The van der Waals surface area contributed by atoms with Gasteiger partial charge >= 0.3 is 0 Å². The van der Waals surface area contributed by atoms with Gasteiger partial charge in [0.25, 0.3) is 11.6 Å². The number of ether oxygens (including phenoxy) is 2. The van der Waals surface area contributed by atoms with E-state index in [1.807, 2.05) is 0 Å². The lowest BCUT2D eigenvalue weighted by molar-refractivity contribution is -0.385. The lowest BCUT2D eigenvalue weighted by Gasteiger charge is -2.27. The number of nitrogens with zero attached hydrogens (tertiary/aromatic N) is 2. The summed E-state index contributed by atoms with van der Waals surface area (Å²) in [6.07, 6.45) is 2.59. The summed E-state index contributed by atoms with van der Waals surface area (Å²) < 4.78 is 39.1. The van der Waals surface area contributed by atoms with Crippen LogP contribution in [0, 0.1) is 24.0 Å². The molecule has 1 amide bonds. The van der Waals surface area contributed by atoms with Gasteiger partial charge in [0.2, 0.25) is 10.0 Å². The third-order valence-electron chi connectivity index (χ3n) is 5.58. The van der Waals surface area contributed by atoms with Crippen molar-refractivity contribution < 1.29 is 27.6 Å². The Bertz CT molecular complexity index is 1180. The molecule has 2 aromatic rings. The second-order valence-electron chi connectivity index (χ2n) is 8.01. The SMILES string of the molecule is CCOc1ccc(NC(=O)COc2c(C)ccc([N+](=O)[O-])c2C)cc1S(=O)(=O)N1CCCCC1. The van der Waals surface area contributed by atoms with Crippen molar-refractivity contribution >= 4 is 27.3 Å². The highest BCUT2D eigenvalue weighted by molar-refractivity contribution is 7.89. The maximum Gasteiger partial charge on any atom is 0.276 e. The molecule has 34 heavy (non-hydrogen) atoms. The maximum absolute atomic E-state index is 13.2. The van der Waals surface area contributed by atoms with E-state index in [0.717, 1.165) is 19.3 Å². The van der Waals surface area contributed by atoms with Crippen molar-refractivity contribution in [2.45, 2.75) is 44.9 Å². The summed E-state index contributed by atoms with van der Waals surface area (Å²) in [7, 11) is -3.79. The zero-order chi connectivity index (χ0) is 24.9. The third kappa shape index (κ3) is 5.65. The summed E-state index contributed by atoms with van der Waals surface area (Å²) in [5.74, 6) is -0.0367. The van der Waals surface area contributed by atoms with E-state index in [4.69, 9.17) is 9.47 Å². The van der Waals surface area contributed by atoms with Crippen molar-refractivity contribution in [1.82, 2.24) is 4.31 Å². The molecule has 0 atom stereocenters. The fraction of sp³-hybridized carbons (Fsp3) is 0.435. The van der Waals surface area contributed by atoms with E-state index in [9.17, 15) is 23.3 Å². The van der Waals surface area contributed by atoms with Crippen molar-refractivity contribution in [3.05, 3.63) is 51.6 Å². The molecule has 1 aliphatic heterocycles. The standard InChI is InChI=1S/C23H29N3O7S/c1-4-32-20-11-9-18(14-21(20)34(30,31)25-12-6-5-7-13-25)24-22(27)15-33-23-16(2)8-10-19(17(23)3)26(28)29/h8-11,14H,4-7,12-13,15H2,1-3H3,(H,24,27). The van der Waals surface area contributed by atoms with Crippen LogP contribution in [-0.4, -0.2) is 49.9 Å². The Morgan fingerprint density at radius 2 is 1.82 bits per heavy atom. The van der Waals surface area contributed by atoms with E-state index in [1.165, 1.54) is 22.5 Å². The first-order valence-corrected chi connectivity index (χ1v) is 12.5. The van der Waals surface area contributed by atoms with Gasteiger partial charge in [-0.3, -0.25) is 14.9 Å². The van der Waals surface area contributed by atoms with Crippen LogP contribution in [0.25, 0.3) is 0 Å². The molecule has 0 aromatic heterocycles.